The van der Waals surface area contributed by atoms with Gasteiger partial charge in [0.25, 0.3) is 11.6 Å². The Labute approximate surface area is 167 Å². The van der Waals surface area contributed by atoms with E-state index in [4.69, 9.17) is 4.42 Å². The number of hydrogen-bond acceptors (Lipinski definition) is 6. The summed E-state index contributed by atoms with van der Waals surface area (Å²) in [5.74, 6) is 0.718. The fraction of sp³-hybridized carbons (Fsp3) is 0.143. The van der Waals surface area contributed by atoms with Gasteiger partial charge in [0, 0.05) is 23.4 Å². The number of benzene rings is 2. The number of carbonyl (C=O) groups is 1. The smallest absolute Gasteiger partial charge is 0.269 e. The number of anilines is 1. The van der Waals surface area contributed by atoms with Crippen LogP contribution in [0.4, 0.5) is 11.4 Å². The number of amides is 1. The molecule has 0 aliphatic heterocycles. The van der Waals surface area contributed by atoms with E-state index in [0.717, 1.165) is 22.4 Å². The molecule has 0 bridgehead atoms. The van der Waals surface area contributed by atoms with Gasteiger partial charge in [0.2, 0.25) is 0 Å². The molecule has 0 saturated carbocycles. The molecule has 1 heterocycles. The molecular formula is C21H20N4O4. The Hall–Kier alpha value is -3.94. The lowest BCUT2D eigenvalue weighted by Crippen LogP contribution is -2.25. The summed E-state index contributed by atoms with van der Waals surface area (Å²) < 4.78 is 5.69. The molecule has 0 fully saturated rings. The first-order valence-corrected chi connectivity index (χ1v) is 8.90. The Morgan fingerprint density at radius 1 is 1.14 bits per heavy atom. The third-order valence-electron chi connectivity index (χ3n) is 4.20. The van der Waals surface area contributed by atoms with Gasteiger partial charge in [0.05, 0.1) is 17.7 Å². The molecule has 0 saturated heterocycles. The van der Waals surface area contributed by atoms with Crippen molar-refractivity contribution in [2.45, 2.75) is 13.8 Å². The van der Waals surface area contributed by atoms with Gasteiger partial charge in [-0.1, -0.05) is 17.7 Å². The summed E-state index contributed by atoms with van der Waals surface area (Å²) in [5.41, 5.74) is 5.93. The van der Waals surface area contributed by atoms with Crippen LogP contribution in [0.15, 0.2) is 64.1 Å². The van der Waals surface area contributed by atoms with E-state index in [1.165, 1.54) is 18.3 Å². The molecule has 3 rings (SSSR count). The molecule has 1 aromatic heterocycles. The Bertz CT molecular complexity index is 1050. The topological polar surface area (TPSA) is 110 Å². The second-order valence-electron chi connectivity index (χ2n) is 6.47. The normalized spacial score (nSPS) is 10.8. The van der Waals surface area contributed by atoms with Gasteiger partial charge in [-0.15, -0.1) is 0 Å². The van der Waals surface area contributed by atoms with Crippen molar-refractivity contribution >= 4 is 23.5 Å². The Kier molecular flexibility index (Phi) is 6.03. The number of nitro groups is 1. The molecule has 29 heavy (non-hydrogen) atoms. The van der Waals surface area contributed by atoms with E-state index in [1.54, 1.807) is 25.1 Å². The quantitative estimate of drug-likeness (QED) is 0.358. The zero-order valence-electron chi connectivity index (χ0n) is 16.0. The predicted octanol–water partition coefficient (Wildman–Crippen LogP) is 4.03. The van der Waals surface area contributed by atoms with Gasteiger partial charge in [0.1, 0.15) is 11.5 Å². The van der Waals surface area contributed by atoms with Gasteiger partial charge in [-0.05, 0) is 49.7 Å². The molecule has 0 aliphatic carbocycles. The number of nitro benzene ring substituents is 1. The number of aryl methyl sites for hydroxylation is 2. The summed E-state index contributed by atoms with van der Waals surface area (Å²) in [6, 6.07) is 15.7. The maximum atomic E-state index is 11.9. The molecule has 0 unspecified atom stereocenters. The van der Waals surface area contributed by atoms with Crippen LogP contribution in [0, 0.1) is 24.0 Å². The average molecular weight is 392 g/mol. The highest BCUT2D eigenvalue weighted by Crippen LogP contribution is 2.28. The van der Waals surface area contributed by atoms with Crippen molar-refractivity contribution < 1.29 is 14.1 Å². The van der Waals surface area contributed by atoms with Gasteiger partial charge in [-0.25, -0.2) is 5.43 Å². The molecule has 8 heteroatoms. The van der Waals surface area contributed by atoms with Crippen molar-refractivity contribution in [1.29, 1.82) is 0 Å². The summed E-state index contributed by atoms with van der Waals surface area (Å²) in [7, 11) is 0. The van der Waals surface area contributed by atoms with E-state index in [-0.39, 0.29) is 18.1 Å². The minimum Gasteiger partial charge on any atom is -0.455 e. The number of hydrazone groups is 1. The van der Waals surface area contributed by atoms with Gasteiger partial charge >= 0.3 is 0 Å². The summed E-state index contributed by atoms with van der Waals surface area (Å²) >= 11 is 0. The summed E-state index contributed by atoms with van der Waals surface area (Å²) in [5, 5.41) is 17.7. The van der Waals surface area contributed by atoms with E-state index in [1.807, 2.05) is 31.2 Å². The zero-order chi connectivity index (χ0) is 20.8. The molecule has 2 aromatic carbocycles. The number of hydrogen-bond donors (Lipinski definition) is 2. The summed E-state index contributed by atoms with van der Waals surface area (Å²) in [6.45, 7) is 3.86. The maximum absolute atomic E-state index is 11.9. The SMILES string of the molecule is Cc1ccc(NCC(=O)N/N=C/c2ccc(-c3ccc([N+](=O)[O-])cc3C)o2)cc1. The average Bonchev–Trinajstić information content (AvgIpc) is 3.16. The van der Waals surface area contributed by atoms with Crippen molar-refractivity contribution in [2.75, 3.05) is 11.9 Å². The zero-order valence-corrected chi connectivity index (χ0v) is 16.0. The second-order valence-corrected chi connectivity index (χ2v) is 6.47. The van der Waals surface area contributed by atoms with E-state index >= 15 is 0 Å². The second kappa shape index (κ2) is 8.83. The number of nitrogens with zero attached hydrogens (tertiary/aromatic N) is 2. The molecule has 0 aliphatic rings. The Morgan fingerprint density at radius 2 is 1.90 bits per heavy atom. The molecular weight excluding hydrogens is 372 g/mol. The molecule has 0 atom stereocenters. The molecule has 2 N–H and O–H groups in total. The van der Waals surface area contributed by atoms with Crippen LogP contribution in [0.2, 0.25) is 0 Å². The van der Waals surface area contributed by atoms with Gasteiger partial charge < -0.3 is 9.73 Å². The van der Waals surface area contributed by atoms with Crippen LogP contribution in [-0.2, 0) is 4.79 Å². The maximum Gasteiger partial charge on any atom is 0.269 e. The fourth-order valence-electron chi connectivity index (χ4n) is 2.67. The molecule has 3 aromatic rings. The van der Waals surface area contributed by atoms with Crippen LogP contribution >= 0.6 is 0 Å². The highest BCUT2D eigenvalue weighted by Gasteiger charge is 2.12. The van der Waals surface area contributed by atoms with Crippen LogP contribution in [0.3, 0.4) is 0 Å². The van der Waals surface area contributed by atoms with Crippen LogP contribution in [-0.4, -0.2) is 23.6 Å². The van der Waals surface area contributed by atoms with Crippen molar-refractivity contribution in [3.8, 4) is 11.3 Å². The van der Waals surface area contributed by atoms with Crippen LogP contribution in [0.1, 0.15) is 16.9 Å². The van der Waals surface area contributed by atoms with Crippen molar-refractivity contribution in [3.63, 3.8) is 0 Å². The van der Waals surface area contributed by atoms with Crippen LogP contribution in [0.25, 0.3) is 11.3 Å². The minimum atomic E-state index is -0.437. The van der Waals surface area contributed by atoms with E-state index in [0.29, 0.717) is 11.5 Å². The van der Waals surface area contributed by atoms with Gasteiger partial charge in [-0.2, -0.15) is 5.10 Å². The standard InChI is InChI=1S/C21H20N4O4/c1-14-3-5-16(6-4-14)22-13-21(26)24-23-12-18-8-10-20(29-18)19-9-7-17(25(27)28)11-15(19)2/h3-12,22H,13H2,1-2H3,(H,24,26)/b23-12+. The van der Waals surface area contributed by atoms with Crippen molar-refractivity contribution in [1.82, 2.24) is 5.43 Å². The summed E-state index contributed by atoms with van der Waals surface area (Å²) in [6.07, 6.45) is 1.40. The minimum absolute atomic E-state index is 0.0292. The first kappa shape index (κ1) is 19.8. The molecule has 1 amide bonds. The number of rotatable bonds is 7. The first-order valence-electron chi connectivity index (χ1n) is 8.90. The molecule has 0 spiro atoms. The van der Waals surface area contributed by atoms with Crippen molar-refractivity contribution in [3.05, 3.63) is 81.6 Å². The first-order chi connectivity index (χ1) is 13.9. The highest BCUT2D eigenvalue weighted by molar-refractivity contribution is 5.83. The largest absolute Gasteiger partial charge is 0.455 e. The number of carbonyl (C=O) groups excluding carboxylic acids is 1. The van der Waals surface area contributed by atoms with Crippen LogP contribution in [0.5, 0.6) is 0 Å². The lowest BCUT2D eigenvalue weighted by atomic mass is 10.1. The van der Waals surface area contributed by atoms with E-state index in [2.05, 4.69) is 15.8 Å². The molecule has 148 valence electrons. The number of nitrogens with one attached hydrogen (secondary N) is 2. The lowest BCUT2D eigenvalue weighted by Gasteiger charge is -2.05. The highest BCUT2D eigenvalue weighted by atomic mass is 16.6. The van der Waals surface area contributed by atoms with Gasteiger partial charge in [0.15, 0.2) is 0 Å². The predicted molar refractivity (Wildman–Crippen MR) is 111 cm³/mol. The number of non-ortho nitro benzene ring substituents is 1. The Morgan fingerprint density at radius 3 is 2.59 bits per heavy atom. The summed E-state index contributed by atoms with van der Waals surface area (Å²) in [4.78, 5) is 22.3. The Balaban J connectivity index is 1.55. The molecule has 8 nitrogen and oxygen atoms in total. The lowest BCUT2D eigenvalue weighted by molar-refractivity contribution is -0.384. The molecule has 0 radical (unpaired) electrons. The van der Waals surface area contributed by atoms with E-state index in [9.17, 15) is 14.9 Å². The third kappa shape index (κ3) is 5.29. The van der Waals surface area contributed by atoms with Crippen LogP contribution < -0.4 is 10.7 Å². The third-order valence-corrected chi connectivity index (χ3v) is 4.20. The van der Waals surface area contributed by atoms with Crippen molar-refractivity contribution in [2.24, 2.45) is 5.10 Å². The monoisotopic (exact) mass is 392 g/mol. The van der Waals surface area contributed by atoms with Gasteiger partial charge in [-0.3, -0.25) is 14.9 Å². The van der Waals surface area contributed by atoms with E-state index < -0.39 is 4.92 Å². The number of furan rings is 1. The fourth-order valence-corrected chi connectivity index (χ4v) is 2.67.